The number of hydrogen-bond donors (Lipinski definition) is 2. The van der Waals surface area contributed by atoms with Crippen molar-refractivity contribution in [3.8, 4) is 0 Å². The molecule has 0 bridgehead atoms. The normalized spacial score (nSPS) is 48.3. The van der Waals surface area contributed by atoms with E-state index in [0.29, 0.717) is 17.3 Å². The molecule has 0 heterocycles. The van der Waals surface area contributed by atoms with Crippen molar-refractivity contribution in [2.24, 2.45) is 21.6 Å². The van der Waals surface area contributed by atoms with Crippen LogP contribution in [-0.2, 0) is 0 Å². The average Bonchev–Trinajstić information content (AvgIpc) is 2.01. The molecule has 0 spiro atoms. The first-order chi connectivity index (χ1) is 5.24. The standard InChI is InChI=1S/C7H10N2O2/c1-7-3-2-4(7)5(8-10)6(7)9-11/h4,10-11H,2-3H2,1H3/b8-5+,9-6+/t4-,7-/m1/s1. The van der Waals surface area contributed by atoms with Gasteiger partial charge < -0.3 is 10.4 Å². The second-order valence-corrected chi connectivity index (χ2v) is 3.44. The fourth-order valence-electron chi connectivity index (χ4n) is 2.11. The second-order valence-electron chi connectivity index (χ2n) is 3.44. The van der Waals surface area contributed by atoms with Gasteiger partial charge in [0.15, 0.2) is 0 Å². The van der Waals surface area contributed by atoms with E-state index >= 15 is 0 Å². The monoisotopic (exact) mass is 154 g/mol. The maximum atomic E-state index is 8.57. The molecule has 0 aromatic rings. The van der Waals surface area contributed by atoms with Crippen LogP contribution < -0.4 is 0 Å². The Morgan fingerprint density at radius 1 is 1.45 bits per heavy atom. The van der Waals surface area contributed by atoms with Crippen molar-refractivity contribution in [2.45, 2.75) is 19.8 Å². The first-order valence-electron chi connectivity index (χ1n) is 3.69. The van der Waals surface area contributed by atoms with Crippen LogP contribution in [0.3, 0.4) is 0 Å². The van der Waals surface area contributed by atoms with Crippen molar-refractivity contribution in [1.29, 1.82) is 0 Å². The molecule has 0 aliphatic heterocycles. The van der Waals surface area contributed by atoms with Gasteiger partial charge in [-0.05, 0) is 12.8 Å². The first-order valence-corrected chi connectivity index (χ1v) is 3.69. The van der Waals surface area contributed by atoms with E-state index in [-0.39, 0.29) is 5.41 Å². The van der Waals surface area contributed by atoms with Crippen molar-refractivity contribution in [1.82, 2.24) is 0 Å². The zero-order valence-electron chi connectivity index (χ0n) is 6.28. The van der Waals surface area contributed by atoms with Gasteiger partial charge in [0, 0.05) is 11.3 Å². The topological polar surface area (TPSA) is 65.2 Å². The second kappa shape index (κ2) is 1.75. The Morgan fingerprint density at radius 3 is 2.45 bits per heavy atom. The number of rotatable bonds is 0. The van der Waals surface area contributed by atoms with Crippen LogP contribution in [0.2, 0.25) is 0 Å². The van der Waals surface area contributed by atoms with E-state index in [0.717, 1.165) is 12.8 Å². The Balaban J connectivity index is 2.33. The highest BCUT2D eigenvalue weighted by Crippen LogP contribution is 2.56. The molecule has 4 nitrogen and oxygen atoms in total. The van der Waals surface area contributed by atoms with Gasteiger partial charge in [0.25, 0.3) is 0 Å². The van der Waals surface area contributed by atoms with Crippen LogP contribution >= 0.6 is 0 Å². The van der Waals surface area contributed by atoms with E-state index in [4.69, 9.17) is 10.4 Å². The van der Waals surface area contributed by atoms with Crippen LogP contribution in [0.4, 0.5) is 0 Å². The van der Waals surface area contributed by atoms with Crippen LogP contribution in [0.25, 0.3) is 0 Å². The largest absolute Gasteiger partial charge is 0.411 e. The van der Waals surface area contributed by atoms with Gasteiger partial charge in [0.1, 0.15) is 11.4 Å². The lowest BCUT2D eigenvalue weighted by Gasteiger charge is -2.56. The molecule has 0 unspecified atom stereocenters. The molecule has 2 atom stereocenters. The third-order valence-corrected chi connectivity index (χ3v) is 3.04. The summed E-state index contributed by atoms with van der Waals surface area (Å²) in [5.74, 6) is 0.332. The lowest BCUT2D eigenvalue weighted by atomic mass is 9.46. The van der Waals surface area contributed by atoms with Crippen molar-refractivity contribution in [3.05, 3.63) is 0 Å². The molecular weight excluding hydrogens is 144 g/mol. The molecule has 0 amide bonds. The van der Waals surface area contributed by atoms with E-state index in [1.807, 2.05) is 6.92 Å². The maximum absolute atomic E-state index is 8.57. The van der Waals surface area contributed by atoms with E-state index in [1.54, 1.807) is 0 Å². The molecule has 2 aliphatic rings. The predicted molar refractivity (Wildman–Crippen MR) is 39.3 cm³/mol. The summed E-state index contributed by atoms with van der Waals surface area (Å²) in [4.78, 5) is 0. The summed E-state index contributed by atoms with van der Waals surface area (Å²) in [5.41, 5.74) is 1.15. The fraction of sp³-hybridized carbons (Fsp3) is 0.714. The summed E-state index contributed by atoms with van der Waals surface area (Å²) in [6.07, 6.45) is 2.09. The molecule has 11 heavy (non-hydrogen) atoms. The molecule has 0 aromatic heterocycles. The number of fused-ring (bicyclic) bond motifs is 1. The van der Waals surface area contributed by atoms with Crippen LogP contribution in [0.15, 0.2) is 10.3 Å². The van der Waals surface area contributed by atoms with Gasteiger partial charge in [-0.2, -0.15) is 0 Å². The maximum Gasteiger partial charge on any atom is 0.111 e. The summed E-state index contributed by atoms with van der Waals surface area (Å²) < 4.78 is 0. The van der Waals surface area contributed by atoms with Crippen LogP contribution in [0, 0.1) is 11.3 Å². The Labute approximate surface area is 64.2 Å². The summed E-state index contributed by atoms with van der Waals surface area (Å²) in [6.45, 7) is 2.03. The third kappa shape index (κ3) is 0.514. The third-order valence-electron chi connectivity index (χ3n) is 3.04. The molecule has 4 heteroatoms. The Hall–Kier alpha value is -1.06. The van der Waals surface area contributed by atoms with Crippen LogP contribution in [0.5, 0.6) is 0 Å². The van der Waals surface area contributed by atoms with E-state index < -0.39 is 0 Å². The lowest BCUT2D eigenvalue weighted by molar-refractivity contribution is 0.153. The summed E-state index contributed by atoms with van der Waals surface area (Å²) in [7, 11) is 0. The van der Waals surface area contributed by atoms with Gasteiger partial charge in [0.05, 0.1) is 0 Å². The Kier molecular flexibility index (Phi) is 1.06. The van der Waals surface area contributed by atoms with Gasteiger partial charge in [-0.1, -0.05) is 17.2 Å². The molecule has 60 valence electrons. The first kappa shape index (κ1) is 6.64. The van der Waals surface area contributed by atoms with Gasteiger partial charge >= 0.3 is 0 Å². The van der Waals surface area contributed by atoms with E-state index in [9.17, 15) is 0 Å². The lowest BCUT2D eigenvalue weighted by Crippen LogP contribution is -2.63. The highest BCUT2D eigenvalue weighted by atomic mass is 16.4. The Bertz CT molecular complexity index is 259. The smallest absolute Gasteiger partial charge is 0.111 e. The summed E-state index contributed by atoms with van der Waals surface area (Å²) in [5, 5.41) is 23.3. The Morgan fingerprint density at radius 2 is 2.18 bits per heavy atom. The van der Waals surface area contributed by atoms with Crippen molar-refractivity contribution < 1.29 is 10.4 Å². The zero-order valence-corrected chi connectivity index (χ0v) is 6.28. The molecule has 2 saturated carbocycles. The minimum atomic E-state index is 0.0102. The number of oxime groups is 2. The average molecular weight is 154 g/mol. The molecule has 0 saturated heterocycles. The minimum absolute atomic E-state index is 0.0102. The number of hydrogen-bond acceptors (Lipinski definition) is 4. The van der Waals surface area contributed by atoms with Gasteiger partial charge in [-0.15, -0.1) is 0 Å². The van der Waals surface area contributed by atoms with Crippen LogP contribution in [-0.4, -0.2) is 21.8 Å². The molecule has 2 aliphatic carbocycles. The summed E-state index contributed by atoms with van der Waals surface area (Å²) in [6, 6.07) is 0. The molecule has 2 N–H and O–H groups in total. The van der Waals surface area contributed by atoms with Gasteiger partial charge in [-0.25, -0.2) is 0 Å². The molecule has 0 aromatic carbocycles. The number of nitrogens with zero attached hydrogens (tertiary/aromatic N) is 2. The molecule has 2 fully saturated rings. The van der Waals surface area contributed by atoms with E-state index in [2.05, 4.69) is 10.3 Å². The summed E-state index contributed by atoms with van der Waals surface area (Å²) >= 11 is 0. The van der Waals surface area contributed by atoms with Crippen molar-refractivity contribution in [3.63, 3.8) is 0 Å². The van der Waals surface area contributed by atoms with E-state index in [1.165, 1.54) is 0 Å². The highest BCUT2D eigenvalue weighted by Gasteiger charge is 2.61. The predicted octanol–water partition coefficient (Wildman–Crippen LogP) is 1.08. The molecule has 2 rings (SSSR count). The highest BCUT2D eigenvalue weighted by molar-refractivity contribution is 6.52. The van der Waals surface area contributed by atoms with Gasteiger partial charge in [0.2, 0.25) is 0 Å². The fourth-order valence-corrected chi connectivity index (χ4v) is 2.11. The van der Waals surface area contributed by atoms with Gasteiger partial charge in [-0.3, -0.25) is 0 Å². The SMILES string of the molecule is C[C@@]12CC[C@@H]1C(=N\O)/C2=N\O. The molecular formula is C7H10N2O2. The van der Waals surface area contributed by atoms with Crippen molar-refractivity contribution >= 4 is 11.4 Å². The zero-order chi connectivity index (χ0) is 8.06. The van der Waals surface area contributed by atoms with Crippen LogP contribution in [0.1, 0.15) is 19.8 Å². The van der Waals surface area contributed by atoms with Crippen molar-refractivity contribution in [2.75, 3.05) is 0 Å². The quantitative estimate of drug-likeness (QED) is 0.405. The molecule has 0 radical (unpaired) electrons. The minimum Gasteiger partial charge on any atom is -0.411 e.